The van der Waals surface area contributed by atoms with Gasteiger partial charge < -0.3 is 5.11 Å². The molecule has 0 spiro atoms. The molecule has 1 aromatic rings. The number of benzene rings is 1. The molecule has 0 saturated heterocycles. The van der Waals surface area contributed by atoms with Crippen LogP contribution in [0, 0.1) is 27.7 Å². The van der Waals surface area contributed by atoms with Crippen LogP contribution >= 0.6 is 0 Å². The van der Waals surface area contributed by atoms with Crippen molar-refractivity contribution < 1.29 is 14.7 Å². The van der Waals surface area contributed by atoms with Crippen LogP contribution < -0.4 is 0 Å². The molecule has 1 N–H and O–H groups in total. The number of ketones is 1. The van der Waals surface area contributed by atoms with Crippen molar-refractivity contribution in [2.75, 3.05) is 0 Å². The number of Topliss-reactive ketones (excluding diaryl/α,β-unsaturated/α-hetero) is 1. The predicted octanol–water partition coefficient (Wildman–Crippen LogP) is 2.67. The summed E-state index contributed by atoms with van der Waals surface area (Å²) in [5.41, 5.74) is 5.49. The normalized spacial score (nSPS) is 18.4. The molecule has 17 heavy (non-hydrogen) atoms. The van der Waals surface area contributed by atoms with Gasteiger partial charge in [-0.3, -0.25) is 9.59 Å². The van der Waals surface area contributed by atoms with Crippen LogP contribution in [-0.2, 0) is 4.79 Å². The number of rotatable bonds is 1. The van der Waals surface area contributed by atoms with E-state index in [0.29, 0.717) is 5.56 Å². The maximum Gasteiger partial charge on any atom is 0.311 e. The lowest BCUT2D eigenvalue weighted by atomic mass is 9.87. The van der Waals surface area contributed by atoms with Gasteiger partial charge in [0.25, 0.3) is 0 Å². The Bertz CT molecular complexity index is 541. The number of fused-ring (bicyclic) bond motifs is 1. The lowest BCUT2D eigenvalue weighted by Gasteiger charge is -2.16. The molecular formula is C14H16O3. The fraction of sp³-hybridized carbons (Fsp3) is 0.429. The summed E-state index contributed by atoms with van der Waals surface area (Å²) in [6.07, 6.45) is 0.106. The van der Waals surface area contributed by atoms with Crippen molar-refractivity contribution in [1.29, 1.82) is 0 Å². The van der Waals surface area contributed by atoms with Gasteiger partial charge in [0.05, 0.1) is 5.92 Å². The summed E-state index contributed by atoms with van der Waals surface area (Å²) >= 11 is 0. The largest absolute Gasteiger partial charge is 0.481 e. The molecule has 1 aliphatic rings. The quantitative estimate of drug-likeness (QED) is 0.809. The molecule has 0 radical (unpaired) electrons. The fourth-order valence-electron chi connectivity index (χ4n) is 2.74. The Kier molecular flexibility index (Phi) is 2.57. The highest BCUT2D eigenvalue weighted by Gasteiger charge is 2.37. The Balaban J connectivity index is 2.82. The van der Waals surface area contributed by atoms with Gasteiger partial charge in [-0.05, 0) is 55.5 Å². The number of aliphatic carboxylic acids is 1. The summed E-state index contributed by atoms with van der Waals surface area (Å²) < 4.78 is 0. The SMILES string of the molecule is Cc1c(C)c(C)c2c(c1C)C(=O)C[C@@H]2C(=O)O. The van der Waals surface area contributed by atoms with Crippen LogP contribution in [0.4, 0.5) is 0 Å². The summed E-state index contributed by atoms with van der Waals surface area (Å²) in [7, 11) is 0. The average Bonchev–Trinajstić information content (AvgIpc) is 2.61. The molecule has 0 aromatic heterocycles. The smallest absolute Gasteiger partial charge is 0.311 e. The van der Waals surface area contributed by atoms with E-state index in [1.54, 1.807) is 0 Å². The maximum atomic E-state index is 12.0. The molecule has 0 fully saturated rings. The van der Waals surface area contributed by atoms with E-state index < -0.39 is 11.9 Å². The van der Waals surface area contributed by atoms with Crippen LogP contribution in [0.15, 0.2) is 0 Å². The Morgan fingerprint density at radius 1 is 1.06 bits per heavy atom. The van der Waals surface area contributed by atoms with Gasteiger partial charge in [0.2, 0.25) is 0 Å². The summed E-state index contributed by atoms with van der Waals surface area (Å²) in [6.45, 7) is 7.79. The van der Waals surface area contributed by atoms with Crippen LogP contribution in [0.3, 0.4) is 0 Å². The van der Waals surface area contributed by atoms with Crippen LogP contribution in [0.5, 0.6) is 0 Å². The second kappa shape index (κ2) is 3.69. The highest BCUT2D eigenvalue weighted by Crippen LogP contribution is 2.40. The Labute approximate surface area is 100 Å². The zero-order valence-corrected chi connectivity index (χ0v) is 10.5. The summed E-state index contributed by atoms with van der Waals surface area (Å²) in [5.74, 6) is -1.59. The van der Waals surface area contributed by atoms with Gasteiger partial charge in [0, 0.05) is 12.0 Å². The highest BCUT2D eigenvalue weighted by atomic mass is 16.4. The van der Waals surface area contributed by atoms with Gasteiger partial charge >= 0.3 is 5.97 Å². The first-order valence-electron chi connectivity index (χ1n) is 5.72. The first-order chi connectivity index (χ1) is 7.86. The van der Waals surface area contributed by atoms with Crippen LogP contribution in [0.2, 0.25) is 0 Å². The molecule has 2 rings (SSSR count). The summed E-state index contributed by atoms with van der Waals surface area (Å²) in [5, 5.41) is 9.20. The first-order valence-corrected chi connectivity index (χ1v) is 5.72. The molecule has 1 atom stereocenters. The Morgan fingerprint density at radius 2 is 1.59 bits per heavy atom. The maximum absolute atomic E-state index is 12.0. The molecule has 0 aliphatic heterocycles. The number of carbonyl (C=O) groups is 2. The molecule has 3 nitrogen and oxygen atoms in total. The van der Waals surface area contributed by atoms with E-state index in [-0.39, 0.29) is 12.2 Å². The van der Waals surface area contributed by atoms with E-state index in [2.05, 4.69) is 0 Å². The molecule has 3 heteroatoms. The van der Waals surface area contributed by atoms with Gasteiger partial charge in [-0.2, -0.15) is 0 Å². The minimum Gasteiger partial charge on any atom is -0.481 e. The molecule has 0 saturated carbocycles. The number of carboxylic acid groups (broad SMARTS) is 1. The van der Waals surface area contributed by atoms with Gasteiger partial charge in [-0.25, -0.2) is 0 Å². The monoisotopic (exact) mass is 232 g/mol. The molecule has 0 unspecified atom stereocenters. The van der Waals surface area contributed by atoms with E-state index in [4.69, 9.17) is 0 Å². The van der Waals surface area contributed by atoms with Crippen molar-refractivity contribution in [3.63, 3.8) is 0 Å². The van der Waals surface area contributed by atoms with Crippen LogP contribution in [0.25, 0.3) is 0 Å². The number of carbonyl (C=O) groups excluding carboxylic acids is 1. The molecule has 0 bridgehead atoms. The third-order valence-corrected chi connectivity index (χ3v) is 4.05. The van der Waals surface area contributed by atoms with Crippen molar-refractivity contribution in [3.8, 4) is 0 Å². The van der Waals surface area contributed by atoms with E-state index in [0.717, 1.165) is 27.8 Å². The van der Waals surface area contributed by atoms with Crippen LogP contribution in [0.1, 0.15) is 50.5 Å². The Hall–Kier alpha value is -1.64. The van der Waals surface area contributed by atoms with Crippen molar-refractivity contribution in [2.45, 2.75) is 40.0 Å². The molecule has 1 aromatic carbocycles. The van der Waals surface area contributed by atoms with E-state index in [1.807, 2.05) is 27.7 Å². The molecule has 0 heterocycles. The third kappa shape index (κ3) is 1.49. The number of hydrogen-bond acceptors (Lipinski definition) is 2. The molecule has 90 valence electrons. The van der Waals surface area contributed by atoms with E-state index >= 15 is 0 Å². The van der Waals surface area contributed by atoms with E-state index in [1.165, 1.54) is 0 Å². The van der Waals surface area contributed by atoms with Gasteiger partial charge in [0.1, 0.15) is 0 Å². The van der Waals surface area contributed by atoms with E-state index in [9.17, 15) is 14.7 Å². The van der Waals surface area contributed by atoms with Crippen molar-refractivity contribution in [3.05, 3.63) is 33.4 Å². The number of hydrogen-bond donors (Lipinski definition) is 1. The van der Waals surface area contributed by atoms with Crippen LogP contribution in [-0.4, -0.2) is 16.9 Å². The minimum atomic E-state index is -0.900. The van der Waals surface area contributed by atoms with Gasteiger partial charge in [-0.1, -0.05) is 0 Å². The number of carboxylic acids is 1. The third-order valence-electron chi connectivity index (χ3n) is 4.05. The second-order valence-electron chi connectivity index (χ2n) is 4.81. The fourth-order valence-corrected chi connectivity index (χ4v) is 2.74. The van der Waals surface area contributed by atoms with Crippen molar-refractivity contribution >= 4 is 11.8 Å². The highest BCUT2D eigenvalue weighted by molar-refractivity contribution is 6.07. The zero-order valence-electron chi connectivity index (χ0n) is 10.5. The lowest BCUT2D eigenvalue weighted by Crippen LogP contribution is -2.11. The minimum absolute atomic E-state index is 0.0314. The lowest BCUT2D eigenvalue weighted by molar-refractivity contribution is -0.138. The second-order valence-corrected chi connectivity index (χ2v) is 4.81. The van der Waals surface area contributed by atoms with Gasteiger partial charge in [-0.15, -0.1) is 0 Å². The average molecular weight is 232 g/mol. The summed E-state index contributed by atoms with van der Waals surface area (Å²) in [4.78, 5) is 23.2. The standard InChI is InChI=1S/C14H16O3/c1-6-7(2)9(4)13-11(15)5-10(14(16)17)12(13)8(6)3/h10H,5H2,1-4H3,(H,16,17)/t10-/m0/s1. The van der Waals surface area contributed by atoms with Gasteiger partial charge in [0.15, 0.2) is 5.78 Å². The van der Waals surface area contributed by atoms with Crippen molar-refractivity contribution in [1.82, 2.24) is 0 Å². The molecular weight excluding hydrogens is 216 g/mol. The Morgan fingerprint density at radius 3 is 2.12 bits per heavy atom. The molecule has 0 amide bonds. The summed E-state index contributed by atoms with van der Waals surface area (Å²) in [6, 6.07) is 0. The van der Waals surface area contributed by atoms with Crippen molar-refractivity contribution in [2.24, 2.45) is 0 Å². The topological polar surface area (TPSA) is 54.4 Å². The zero-order chi connectivity index (χ0) is 12.9. The molecule has 1 aliphatic carbocycles. The first kappa shape index (κ1) is 11.8. The predicted molar refractivity (Wildman–Crippen MR) is 64.7 cm³/mol.